The molecule has 0 bridgehead atoms. The molecule has 0 N–H and O–H groups in total. The highest BCUT2D eigenvalue weighted by Gasteiger charge is 2.50. The lowest BCUT2D eigenvalue weighted by Gasteiger charge is -2.30. The van der Waals surface area contributed by atoms with E-state index >= 15 is 0 Å². The molecule has 0 amide bonds. The third-order valence-electron chi connectivity index (χ3n) is 9.39. The maximum atomic E-state index is 14.7. The predicted molar refractivity (Wildman–Crippen MR) is 169 cm³/mol. The lowest BCUT2D eigenvalue weighted by Crippen LogP contribution is -2.36. The van der Waals surface area contributed by atoms with Gasteiger partial charge in [-0.25, -0.2) is 4.57 Å². The zero-order valence-electron chi connectivity index (χ0n) is 25.5. The van der Waals surface area contributed by atoms with Crippen LogP contribution in [-0.4, -0.2) is 10.6 Å². The molecule has 4 aromatic carbocycles. The first kappa shape index (κ1) is 27.0. The Bertz CT molecular complexity index is 2240. The summed E-state index contributed by atoms with van der Waals surface area (Å²) in [5.74, 6) is 0. The number of nitrogens with zero attached hydrogens (tertiary/aromatic N) is 2. The molecule has 3 heterocycles. The van der Waals surface area contributed by atoms with Gasteiger partial charge in [-0.3, -0.25) is 0 Å². The third-order valence-corrected chi connectivity index (χ3v) is 9.39. The number of rotatable bonds is 2. The van der Waals surface area contributed by atoms with Crippen LogP contribution in [0.1, 0.15) is 56.9 Å². The second-order valence-electron chi connectivity index (χ2n) is 14.0. The van der Waals surface area contributed by atoms with Crippen molar-refractivity contribution in [2.75, 3.05) is 0 Å². The van der Waals surface area contributed by atoms with E-state index in [1.807, 2.05) is 30.5 Å². The van der Waals surface area contributed by atoms with Gasteiger partial charge in [0.2, 0.25) is 5.52 Å². The maximum absolute atomic E-state index is 14.7. The van der Waals surface area contributed by atoms with E-state index in [2.05, 4.69) is 74.9 Å². The molecule has 0 saturated carbocycles. The molecule has 2 nitrogen and oxygen atoms in total. The van der Waals surface area contributed by atoms with Crippen LogP contribution in [-0.2, 0) is 18.9 Å². The van der Waals surface area contributed by atoms with Gasteiger partial charge in [0.05, 0.1) is 32.7 Å². The molecule has 7 aromatic rings. The summed E-state index contributed by atoms with van der Waals surface area (Å²) in [5, 5.41) is 7.01. The van der Waals surface area contributed by atoms with Crippen molar-refractivity contribution in [3.63, 3.8) is 0 Å². The number of para-hydroxylation sites is 1. The highest BCUT2D eigenvalue weighted by Crippen LogP contribution is 2.50. The molecule has 0 aliphatic carbocycles. The summed E-state index contributed by atoms with van der Waals surface area (Å²) in [6.45, 7) is 13.7. The van der Waals surface area contributed by atoms with Crippen molar-refractivity contribution in [2.45, 2.75) is 66.5 Å². The van der Waals surface area contributed by atoms with Crippen LogP contribution in [0.15, 0.2) is 60.8 Å². The van der Waals surface area contributed by atoms with Crippen molar-refractivity contribution in [3.8, 4) is 0 Å². The second kappa shape index (κ2) is 8.37. The third kappa shape index (κ3) is 3.49. The normalized spacial score (nSPS) is 13.7. The highest BCUT2D eigenvalue weighted by atomic mass is 19.4. The summed E-state index contributed by atoms with van der Waals surface area (Å²) in [7, 11) is 2.06. The Balaban J connectivity index is 1.91. The Labute approximate surface area is 243 Å². The van der Waals surface area contributed by atoms with Crippen molar-refractivity contribution in [1.82, 2.24) is 4.40 Å². The fraction of sp³-hybridized carbons (Fsp3) is 0.324. The zero-order chi connectivity index (χ0) is 30.1. The predicted octanol–water partition coefficient (Wildman–Crippen LogP) is 10.0. The van der Waals surface area contributed by atoms with Crippen molar-refractivity contribution >= 4 is 59.8 Å². The molecule has 5 heteroatoms. The van der Waals surface area contributed by atoms with E-state index in [1.165, 1.54) is 46.7 Å². The minimum absolute atomic E-state index is 0.0164. The molecular formula is C37H36F3N2+. The van der Waals surface area contributed by atoms with Crippen molar-refractivity contribution < 1.29 is 17.7 Å². The van der Waals surface area contributed by atoms with Crippen LogP contribution in [0, 0.1) is 19.3 Å². The number of halogens is 3. The Kier molecular flexibility index (Phi) is 5.38. The van der Waals surface area contributed by atoms with Gasteiger partial charge in [0.1, 0.15) is 7.05 Å². The summed E-state index contributed by atoms with van der Waals surface area (Å²) < 4.78 is 48.7. The number of pyridine rings is 2. The number of hydrogen-bond donors (Lipinski definition) is 0. The van der Waals surface area contributed by atoms with Gasteiger partial charge in [-0.1, -0.05) is 62.7 Å². The molecule has 0 atom stereocenters. The molecule has 0 saturated heterocycles. The number of fused-ring (bicyclic) bond motifs is 7. The van der Waals surface area contributed by atoms with Crippen LogP contribution < -0.4 is 4.57 Å². The molecule has 0 aliphatic rings. The van der Waals surface area contributed by atoms with Gasteiger partial charge in [0.25, 0.3) is 0 Å². The summed E-state index contributed by atoms with van der Waals surface area (Å²) in [6, 6.07) is 18.5. The van der Waals surface area contributed by atoms with Crippen molar-refractivity contribution in [3.05, 3.63) is 83.0 Å². The van der Waals surface area contributed by atoms with E-state index in [0.29, 0.717) is 10.9 Å². The average molecular weight is 566 g/mol. The molecule has 214 valence electrons. The van der Waals surface area contributed by atoms with Crippen LogP contribution in [0.2, 0.25) is 0 Å². The van der Waals surface area contributed by atoms with Gasteiger partial charge in [-0.05, 0) is 84.5 Å². The molecule has 0 radical (unpaired) electrons. The summed E-state index contributed by atoms with van der Waals surface area (Å²) in [5.41, 5.74) is 5.89. The van der Waals surface area contributed by atoms with E-state index in [1.54, 1.807) is 6.07 Å². The van der Waals surface area contributed by atoms with Crippen molar-refractivity contribution in [1.29, 1.82) is 0 Å². The summed E-state index contributed by atoms with van der Waals surface area (Å²) in [6.07, 6.45) is -1.59. The number of aryl methyl sites for hydroxylation is 3. The molecular weight excluding hydrogens is 529 g/mol. The zero-order valence-corrected chi connectivity index (χ0v) is 25.5. The fourth-order valence-corrected chi connectivity index (χ4v) is 7.26. The number of aromatic nitrogens is 2. The lowest BCUT2D eigenvalue weighted by atomic mass is 9.79. The van der Waals surface area contributed by atoms with Gasteiger partial charge in [0, 0.05) is 16.8 Å². The van der Waals surface area contributed by atoms with Gasteiger partial charge in [-0.2, -0.15) is 13.2 Å². The lowest BCUT2D eigenvalue weighted by molar-refractivity contribution is -0.643. The largest absolute Gasteiger partial charge is 0.397 e. The van der Waals surface area contributed by atoms with E-state index < -0.39 is 11.6 Å². The Morgan fingerprint density at radius 1 is 0.762 bits per heavy atom. The molecule has 7 rings (SSSR count). The smallest absolute Gasteiger partial charge is 0.307 e. The van der Waals surface area contributed by atoms with Crippen LogP contribution in [0.4, 0.5) is 13.2 Å². The Morgan fingerprint density at radius 3 is 2.17 bits per heavy atom. The molecule has 0 fully saturated rings. The minimum Gasteiger partial charge on any atom is -0.307 e. The SMILES string of the molecule is Cc1ccc2c(CC(C)(C)C)c3c(c(C)c2c1)c1c2c(cc[n+]1C)cc(C(C)(C)C(F)(F)F)c1c4ccccc4n3c12. The van der Waals surface area contributed by atoms with Crippen molar-refractivity contribution in [2.24, 2.45) is 12.5 Å². The van der Waals surface area contributed by atoms with E-state index in [9.17, 15) is 13.2 Å². The fourth-order valence-electron chi connectivity index (χ4n) is 7.26. The standard InChI is InChI=1S/C37H36F3N2/c1-20-13-14-23-25(17-20)21(2)29-32(26(23)19-35(3,4)5)42-28-12-10-9-11-24(28)31-27(36(6,7)37(38,39)40)18-22-15-16-41(8)33(29)30(22)34(31)42/h9-18H,19H2,1-8H3/q+1. The first-order valence-electron chi connectivity index (χ1n) is 14.6. The molecule has 3 aromatic heterocycles. The molecule has 0 unspecified atom stereocenters. The second-order valence-corrected chi connectivity index (χ2v) is 14.0. The minimum atomic E-state index is -4.41. The van der Waals surface area contributed by atoms with Crippen LogP contribution in [0.3, 0.4) is 0 Å². The Hall–Kier alpha value is -3.86. The maximum Gasteiger partial charge on any atom is 0.397 e. The Morgan fingerprint density at radius 2 is 1.48 bits per heavy atom. The summed E-state index contributed by atoms with van der Waals surface area (Å²) >= 11 is 0. The quantitative estimate of drug-likeness (QED) is 0.112. The van der Waals surface area contributed by atoms with Crippen LogP contribution >= 0.6 is 0 Å². The summed E-state index contributed by atoms with van der Waals surface area (Å²) in [4.78, 5) is 0. The van der Waals surface area contributed by atoms with Crippen LogP contribution in [0.5, 0.6) is 0 Å². The van der Waals surface area contributed by atoms with Gasteiger partial charge in [0.15, 0.2) is 6.20 Å². The van der Waals surface area contributed by atoms with Crippen LogP contribution in [0.25, 0.3) is 59.8 Å². The topological polar surface area (TPSA) is 8.29 Å². The van der Waals surface area contributed by atoms with E-state index in [0.717, 1.165) is 44.6 Å². The number of hydrogen-bond acceptors (Lipinski definition) is 0. The number of benzene rings is 4. The number of alkyl halides is 3. The van der Waals surface area contributed by atoms with E-state index in [-0.39, 0.29) is 5.41 Å². The molecule has 42 heavy (non-hydrogen) atoms. The first-order chi connectivity index (χ1) is 19.6. The van der Waals surface area contributed by atoms with Gasteiger partial charge >= 0.3 is 6.18 Å². The highest BCUT2D eigenvalue weighted by molar-refractivity contribution is 6.29. The average Bonchev–Trinajstić information content (AvgIpc) is 3.25. The van der Waals surface area contributed by atoms with E-state index in [4.69, 9.17) is 0 Å². The molecule has 0 aliphatic heterocycles. The first-order valence-corrected chi connectivity index (χ1v) is 14.6. The molecule has 0 spiro atoms. The monoisotopic (exact) mass is 565 g/mol. The van der Waals surface area contributed by atoms with Gasteiger partial charge in [-0.15, -0.1) is 0 Å². The van der Waals surface area contributed by atoms with Gasteiger partial charge < -0.3 is 4.40 Å².